The number of nitrogens with one attached hydrogen (secondary N) is 1. The first kappa shape index (κ1) is 19.9. The van der Waals surface area contributed by atoms with Crippen molar-refractivity contribution in [3.63, 3.8) is 0 Å². The molecule has 29 heavy (non-hydrogen) atoms. The van der Waals surface area contributed by atoms with Gasteiger partial charge < -0.3 is 5.32 Å². The van der Waals surface area contributed by atoms with Crippen LogP contribution in [0.2, 0.25) is 5.02 Å². The van der Waals surface area contributed by atoms with Crippen molar-refractivity contribution in [2.45, 2.75) is 33.1 Å². The molecule has 0 spiro atoms. The number of rotatable bonds is 6. The Bertz CT molecular complexity index is 1180. The molecule has 5 heteroatoms. The van der Waals surface area contributed by atoms with Crippen molar-refractivity contribution in [3.8, 4) is 11.1 Å². The number of amides is 1. The van der Waals surface area contributed by atoms with E-state index in [9.17, 15) is 4.79 Å². The summed E-state index contributed by atoms with van der Waals surface area (Å²) in [6, 6.07) is 14.2. The second-order valence-electron chi connectivity index (χ2n) is 7.13. The highest BCUT2D eigenvalue weighted by Gasteiger charge is 2.21. The van der Waals surface area contributed by atoms with Crippen molar-refractivity contribution in [3.05, 3.63) is 64.1 Å². The molecule has 0 aliphatic carbocycles. The molecule has 2 heterocycles. The number of benzene rings is 2. The number of halogens is 1. The average molecular weight is 423 g/mol. The van der Waals surface area contributed by atoms with Crippen LogP contribution >= 0.6 is 22.9 Å². The number of aryl methyl sites for hydroxylation is 1. The van der Waals surface area contributed by atoms with Crippen LogP contribution in [-0.4, -0.2) is 17.4 Å². The first-order chi connectivity index (χ1) is 14.1. The lowest BCUT2D eigenvalue weighted by Gasteiger charge is -2.07. The molecule has 1 amide bonds. The van der Waals surface area contributed by atoms with Crippen LogP contribution in [0.5, 0.6) is 0 Å². The molecule has 0 bridgehead atoms. The molecule has 0 saturated carbocycles. The van der Waals surface area contributed by atoms with E-state index in [1.807, 2.05) is 24.4 Å². The van der Waals surface area contributed by atoms with Gasteiger partial charge in [0, 0.05) is 38.8 Å². The van der Waals surface area contributed by atoms with Crippen molar-refractivity contribution in [1.29, 1.82) is 0 Å². The number of pyridine rings is 1. The van der Waals surface area contributed by atoms with E-state index in [0.29, 0.717) is 11.6 Å². The van der Waals surface area contributed by atoms with Gasteiger partial charge in [0.1, 0.15) is 4.88 Å². The number of unbranched alkanes of at least 4 members (excludes halogenated alkanes) is 1. The predicted octanol–water partition coefficient (Wildman–Crippen LogP) is 6.86. The fraction of sp³-hybridized carbons (Fsp3) is 0.250. The van der Waals surface area contributed by atoms with E-state index >= 15 is 0 Å². The fourth-order valence-corrected chi connectivity index (χ4v) is 4.93. The largest absolute Gasteiger partial charge is 0.351 e. The minimum Gasteiger partial charge on any atom is -0.351 e. The normalized spacial score (nSPS) is 11.3. The van der Waals surface area contributed by atoms with Crippen LogP contribution in [0, 0.1) is 0 Å². The Morgan fingerprint density at radius 2 is 1.90 bits per heavy atom. The van der Waals surface area contributed by atoms with E-state index in [2.05, 4.69) is 48.4 Å². The number of carbonyl (C=O) groups excluding carboxylic acids is 1. The van der Waals surface area contributed by atoms with Crippen molar-refractivity contribution in [1.82, 2.24) is 10.3 Å². The lowest BCUT2D eigenvalue weighted by Crippen LogP contribution is -2.23. The topological polar surface area (TPSA) is 42.0 Å². The van der Waals surface area contributed by atoms with E-state index in [4.69, 9.17) is 11.6 Å². The Labute approximate surface area is 179 Å². The number of nitrogens with zero attached hydrogens (tertiary/aromatic N) is 1. The molecule has 148 valence electrons. The summed E-state index contributed by atoms with van der Waals surface area (Å²) in [6.45, 7) is 4.94. The molecule has 0 saturated heterocycles. The van der Waals surface area contributed by atoms with Gasteiger partial charge in [0.25, 0.3) is 5.91 Å². The molecular formula is C24H23ClN2OS. The van der Waals surface area contributed by atoms with Gasteiger partial charge in [0.05, 0.1) is 5.52 Å². The van der Waals surface area contributed by atoms with Crippen LogP contribution in [0.4, 0.5) is 0 Å². The monoisotopic (exact) mass is 422 g/mol. The van der Waals surface area contributed by atoms with E-state index in [1.54, 1.807) is 0 Å². The maximum atomic E-state index is 13.1. The third kappa shape index (κ3) is 3.87. The number of hydrogen-bond acceptors (Lipinski definition) is 3. The van der Waals surface area contributed by atoms with Crippen LogP contribution in [0.15, 0.2) is 48.7 Å². The van der Waals surface area contributed by atoms with E-state index < -0.39 is 0 Å². The predicted molar refractivity (Wildman–Crippen MR) is 124 cm³/mol. The number of carbonyl (C=O) groups is 1. The van der Waals surface area contributed by atoms with Crippen LogP contribution in [0.3, 0.4) is 0 Å². The van der Waals surface area contributed by atoms with Gasteiger partial charge in [-0.1, -0.05) is 56.1 Å². The molecule has 2 aromatic heterocycles. The minimum absolute atomic E-state index is 0.0237. The second kappa shape index (κ2) is 8.52. The highest BCUT2D eigenvalue weighted by Crippen LogP contribution is 2.42. The number of thiophene rings is 1. The fourth-order valence-electron chi connectivity index (χ4n) is 3.52. The first-order valence-corrected chi connectivity index (χ1v) is 11.2. The Hall–Kier alpha value is -2.43. The minimum atomic E-state index is -0.0237. The Morgan fingerprint density at radius 1 is 1.10 bits per heavy atom. The smallest absolute Gasteiger partial charge is 0.262 e. The van der Waals surface area contributed by atoms with Gasteiger partial charge in [-0.3, -0.25) is 9.78 Å². The summed E-state index contributed by atoms with van der Waals surface area (Å²) in [6.07, 6.45) is 4.88. The van der Waals surface area contributed by atoms with Crippen molar-refractivity contribution >= 4 is 49.8 Å². The number of aromatic nitrogens is 1. The molecule has 0 fully saturated rings. The molecular weight excluding hydrogens is 400 g/mol. The summed E-state index contributed by atoms with van der Waals surface area (Å²) < 4.78 is 1.05. The van der Waals surface area contributed by atoms with Crippen molar-refractivity contribution in [2.75, 3.05) is 6.54 Å². The molecule has 1 N–H and O–H groups in total. The van der Waals surface area contributed by atoms with Gasteiger partial charge >= 0.3 is 0 Å². The molecule has 0 aliphatic heterocycles. The second-order valence-corrected chi connectivity index (χ2v) is 8.59. The SMILES string of the molecule is CCCCNC(=O)c1sc2c(cnc3ccc(Cl)cc32)c1-c1ccc(CC)cc1. The van der Waals surface area contributed by atoms with Crippen LogP contribution in [0.1, 0.15) is 41.9 Å². The summed E-state index contributed by atoms with van der Waals surface area (Å²) in [5.74, 6) is -0.0237. The molecule has 0 atom stereocenters. The van der Waals surface area contributed by atoms with Crippen molar-refractivity contribution in [2.24, 2.45) is 0 Å². The van der Waals surface area contributed by atoms with Crippen LogP contribution < -0.4 is 5.32 Å². The number of hydrogen-bond donors (Lipinski definition) is 1. The molecule has 4 aromatic rings. The lowest BCUT2D eigenvalue weighted by atomic mass is 9.99. The standard InChI is InChI=1S/C24H23ClN2OS/c1-3-5-12-26-24(28)23-21(16-8-6-15(4-2)7-9-16)19-14-27-20-11-10-17(25)13-18(20)22(19)29-23/h6-11,13-14H,3-5,12H2,1-2H3,(H,26,28). The van der Waals surface area contributed by atoms with Gasteiger partial charge in [-0.25, -0.2) is 0 Å². The maximum Gasteiger partial charge on any atom is 0.262 e. The van der Waals surface area contributed by atoms with Crippen LogP contribution in [0.25, 0.3) is 32.1 Å². The summed E-state index contributed by atoms with van der Waals surface area (Å²) in [5, 5.41) is 5.73. The lowest BCUT2D eigenvalue weighted by molar-refractivity contribution is 0.0958. The quantitative estimate of drug-likeness (QED) is 0.345. The third-order valence-corrected chi connectivity index (χ3v) is 6.63. The van der Waals surface area contributed by atoms with E-state index in [1.165, 1.54) is 16.9 Å². The van der Waals surface area contributed by atoms with Crippen molar-refractivity contribution < 1.29 is 4.79 Å². The van der Waals surface area contributed by atoms with Gasteiger partial charge in [-0.05, 0) is 42.2 Å². The zero-order valence-electron chi connectivity index (χ0n) is 16.6. The van der Waals surface area contributed by atoms with Gasteiger partial charge in [0.15, 0.2) is 0 Å². The molecule has 0 aliphatic rings. The maximum absolute atomic E-state index is 13.1. The first-order valence-electron chi connectivity index (χ1n) is 10.0. The zero-order chi connectivity index (χ0) is 20.4. The Balaban J connectivity index is 1.93. The van der Waals surface area contributed by atoms with Gasteiger partial charge in [-0.15, -0.1) is 11.3 Å². The molecule has 4 rings (SSSR count). The van der Waals surface area contributed by atoms with Crippen LogP contribution in [-0.2, 0) is 6.42 Å². The number of fused-ring (bicyclic) bond motifs is 3. The summed E-state index contributed by atoms with van der Waals surface area (Å²) in [5.41, 5.74) is 4.15. The van der Waals surface area contributed by atoms with Gasteiger partial charge in [-0.2, -0.15) is 0 Å². The third-order valence-electron chi connectivity index (χ3n) is 5.15. The summed E-state index contributed by atoms with van der Waals surface area (Å²) in [7, 11) is 0. The summed E-state index contributed by atoms with van der Waals surface area (Å²) >= 11 is 7.78. The van der Waals surface area contributed by atoms with E-state index in [0.717, 1.165) is 56.3 Å². The average Bonchev–Trinajstić information content (AvgIpc) is 3.14. The zero-order valence-corrected chi connectivity index (χ0v) is 18.2. The molecule has 3 nitrogen and oxygen atoms in total. The summed E-state index contributed by atoms with van der Waals surface area (Å²) in [4.78, 5) is 18.4. The van der Waals surface area contributed by atoms with Gasteiger partial charge in [0.2, 0.25) is 0 Å². The Morgan fingerprint density at radius 3 is 2.62 bits per heavy atom. The molecule has 2 aromatic carbocycles. The highest BCUT2D eigenvalue weighted by atomic mass is 35.5. The van der Waals surface area contributed by atoms with E-state index in [-0.39, 0.29) is 5.91 Å². The highest BCUT2D eigenvalue weighted by molar-refractivity contribution is 7.22. The molecule has 0 radical (unpaired) electrons. The Kier molecular flexibility index (Phi) is 5.84. The molecule has 0 unspecified atom stereocenters.